The summed E-state index contributed by atoms with van der Waals surface area (Å²) in [5.41, 5.74) is 1.65. The van der Waals surface area contributed by atoms with Crippen molar-refractivity contribution in [3.63, 3.8) is 0 Å². The van der Waals surface area contributed by atoms with E-state index >= 15 is 0 Å². The molecule has 0 spiro atoms. The van der Waals surface area contributed by atoms with Crippen molar-refractivity contribution in [1.82, 2.24) is 5.01 Å². The summed E-state index contributed by atoms with van der Waals surface area (Å²) >= 11 is 6.16. The van der Waals surface area contributed by atoms with Gasteiger partial charge in [0.25, 0.3) is 11.8 Å². The summed E-state index contributed by atoms with van der Waals surface area (Å²) in [5, 5.41) is 5.92. The van der Waals surface area contributed by atoms with Crippen LogP contribution in [0.15, 0.2) is 65.8 Å². The summed E-state index contributed by atoms with van der Waals surface area (Å²) in [4.78, 5) is 25.4. The van der Waals surface area contributed by atoms with Crippen LogP contribution in [-0.4, -0.2) is 23.0 Å². The SMILES string of the molecule is O=C1[C@@H]2[C@H](C(=O)N1N=Cc1cccc(OCc3ccccc3Cl)c1)[C@H]1C=C[C@H]2C1. The molecule has 2 fully saturated rings. The van der Waals surface area contributed by atoms with Crippen LogP contribution in [-0.2, 0) is 16.2 Å². The van der Waals surface area contributed by atoms with Crippen molar-refractivity contribution in [3.8, 4) is 5.75 Å². The van der Waals surface area contributed by atoms with Gasteiger partial charge < -0.3 is 4.74 Å². The van der Waals surface area contributed by atoms with Crippen LogP contribution in [0.25, 0.3) is 0 Å². The molecular weight excluding hydrogens is 388 g/mol. The second-order valence-electron chi connectivity index (χ2n) is 7.69. The van der Waals surface area contributed by atoms with E-state index in [9.17, 15) is 9.59 Å². The van der Waals surface area contributed by atoms with Crippen molar-refractivity contribution in [1.29, 1.82) is 0 Å². The molecule has 3 aliphatic rings. The van der Waals surface area contributed by atoms with Gasteiger partial charge in [0.2, 0.25) is 0 Å². The van der Waals surface area contributed by atoms with Crippen LogP contribution in [0.5, 0.6) is 5.75 Å². The van der Waals surface area contributed by atoms with E-state index in [0.717, 1.165) is 22.6 Å². The van der Waals surface area contributed by atoms with Gasteiger partial charge in [-0.15, -0.1) is 0 Å². The third kappa shape index (κ3) is 3.15. The standard InChI is InChI=1S/C23H19ClN2O3/c24-19-7-2-1-5-17(19)13-29-18-6-3-4-14(10-18)12-25-26-22(27)20-15-8-9-16(11-15)21(20)23(26)28/h1-10,12,15-16,20-21H,11,13H2/t15-,16-,20-,21+/m0/s1. The molecular formula is C23H19ClN2O3. The highest BCUT2D eigenvalue weighted by Gasteiger charge is 2.59. The summed E-state index contributed by atoms with van der Waals surface area (Å²) < 4.78 is 5.82. The molecule has 2 amide bonds. The number of imide groups is 1. The zero-order valence-electron chi connectivity index (χ0n) is 15.6. The summed E-state index contributed by atoms with van der Waals surface area (Å²) in [6, 6.07) is 14.9. The summed E-state index contributed by atoms with van der Waals surface area (Å²) in [5.74, 6) is 0.191. The van der Waals surface area contributed by atoms with Crippen LogP contribution in [0.1, 0.15) is 17.5 Å². The quantitative estimate of drug-likeness (QED) is 0.427. The number of amides is 2. The first-order chi connectivity index (χ1) is 14.1. The highest BCUT2D eigenvalue weighted by atomic mass is 35.5. The van der Waals surface area contributed by atoms with E-state index < -0.39 is 0 Å². The summed E-state index contributed by atoms with van der Waals surface area (Å²) in [6.07, 6.45) is 6.60. The fourth-order valence-electron chi connectivity index (χ4n) is 4.59. The normalized spacial score (nSPS) is 27.3. The smallest absolute Gasteiger partial charge is 0.254 e. The predicted molar refractivity (Wildman–Crippen MR) is 109 cm³/mol. The monoisotopic (exact) mass is 406 g/mol. The number of carbonyl (C=O) groups excluding carboxylic acids is 2. The van der Waals surface area contributed by atoms with Crippen LogP contribution in [0.2, 0.25) is 5.02 Å². The maximum absolute atomic E-state index is 12.7. The van der Waals surface area contributed by atoms with Gasteiger partial charge in [-0.05, 0) is 42.0 Å². The lowest BCUT2D eigenvalue weighted by Crippen LogP contribution is -2.28. The van der Waals surface area contributed by atoms with Crippen LogP contribution >= 0.6 is 11.6 Å². The molecule has 0 radical (unpaired) electrons. The van der Waals surface area contributed by atoms with Crippen molar-refractivity contribution >= 4 is 29.6 Å². The van der Waals surface area contributed by atoms with Crippen LogP contribution < -0.4 is 4.74 Å². The molecule has 5 rings (SSSR count). The Morgan fingerprint density at radius 1 is 1.03 bits per heavy atom. The Bertz CT molecular complexity index is 1020. The molecule has 0 aromatic heterocycles. The molecule has 2 aliphatic carbocycles. The van der Waals surface area contributed by atoms with Gasteiger partial charge in [-0.2, -0.15) is 10.1 Å². The second-order valence-corrected chi connectivity index (χ2v) is 8.09. The molecule has 2 aromatic carbocycles. The predicted octanol–water partition coefficient (Wildman–Crippen LogP) is 4.06. The Morgan fingerprint density at radius 2 is 1.76 bits per heavy atom. The lowest BCUT2D eigenvalue weighted by atomic mass is 9.85. The van der Waals surface area contributed by atoms with Gasteiger partial charge in [0.05, 0.1) is 18.1 Å². The molecule has 6 heteroatoms. The molecule has 4 atom stereocenters. The number of hydrogen-bond acceptors (Lipinski definition) is 4. The minimum atomic E-state index is -0.236. The van der Waals surface area contributed by atoms with Crippen LogP contribution in [0.3, 0.4) is 0 Å². The number of halogens is 1. The number of hydrazone groups is 1. The number of ether oxygens (including phenoxy) is 1. The average Bonchev–Trinajstić information content (AvgIpc) is 3.41. The van der Waals surface area contributed by atoms with Gasteiger partial charge in [-0.25, -0.2) is 0 Å². The first-order valence-corrected chi connectivity index (χ1v) is 10.1. The van der Waals surface area contributed by atoms with Crippen molar-refractivity contribution < 1.29 is 14.3 Å². The Labute approximate surface area is 173 Å². The number of nitrogens with zero attached hydrogens (tertiary/aromatic N) is 2. The number of benzene rings is 2. The fourth-order valence-corrected chi connectivity index (χ4v) is 4.78. The van der Waals surface area contributed by atoms with Gasteiger partial charge >= 0.3 is 0 Å². The van der Waals surface area contributed by atoms with Crippen molar-refractivity contribution in [2.45, 2.75) is 13.0 Å². The van der Waals surface area contributed by atoms with E-state index in [-0.39, 0.29) is 35.5 Å². The molecule has 2 aromatic rings. The molecule has 146 valence electrons. The van der Waals surface area contributed by atoms with E-state index in [1.165, 1.54) is 6.21 Å². The number of rotatable bonds is 5. The van der Waals surface area contributed by atoms with Crippen molar-refractivity contribution in [2.75, 3.05) is 0 Å². The average molecular weight is 407 g/mol. The minimum absolute atomic E-state index is 0.181. The first-order valence-electron chi connectivity index (χ1n) is 9.68. The fraction of sp³-hybridized carbons (Fsp3) is 0.261. The van der Waals surface area contributed by atoms with Crippen molar-refractivity contribution in [2.24, 2.45) is 28.8 Å². The number of carbonyl (C=O) groups is 2. The molecule has 1 saturated heterocycles. The molecule has 1 aliphatic heterocycles. The van der Waals surface area contributed by atoms with Gasteiger partial charge in [0, 0.05) is 10.6 Å². The second kappa shape index (κ2) is 7.16. The van der Waals surface area contributed by atoms with E-state index in [2.05, 4.69) is 17.3 Å². The summed E-state index contributed by atoms with van der Waals surface area (Å²) in [7, 11) is 0. The van der Waals surface area contributed by atoms with Crippen LogP contribution in [0, 0.1) is 23.7 Å². The molecule has 2 bridgehead atoms. The molecule has 0 N–H and O–H groups in total. The summed E-state index contributed by atoms with van der Waals surface area (Å²) in [6.45, 7) is 0.350. The molecule has 0 unspecified atom stereocenters. The first kappa shape index (κ1) is 18.1. The maximum Gasteiger partial charge on any atom is 0.254 e. The Balaban J connectivity index is 1.28. The molecule has 1 saturated carbocycles. The molecule has 29 heavy (non-hydrogen) atoms. The van der Waals surface area contributed by atoms with Gasteiger partial charge in [-0.3, -0.25) is 9.59 Å². The third-order valence-electron chi connectivity index (χ3n) is 5.98. The third-order valence-corrected chi connectivity index (χ3v) is 6.35. The van der Waals surface area contributed by atoms with Gasteiger partial charge in [0.15, 0.2) is 0 Å². The molecule has 5 nitrogen and oxygen atoms in total. The Morgan fingerprint density at radius 3 is 2.48 bits per heavy atom. The topological polar surface area (TPSA) is 59.0 Å². The van der Waals surface area contributed by atoms with E-state index in [0.29, 0.717) is 17.4 Å². The Hall–Kier alpha value is -2.92. The van der Waals surface area contributed by atoms with Crippen molar-refractivity contribution in [3.05, 3.63) is 76.8 Å². The van der Waals surface area contributed by atoms with Gasteiger partial charge in [-0.1, -0.05) is 54.1 Å². The largest absolute Gasteiger partial charge is 0.489 e. The molecule has 1 heterocycles. The number of fused-ring (bicyclic) bond motifs is 5. The van der Waals surface area contributed by atoms with E-state index in [4.69, 9.17) is 16.3 Å². The lowest BCUT2D eigenvalue weighted by Gasteiger charge is -2.13. The Kier molecular flexibility index (Phi) is 4.47. The zero-order chi connectivity index (χ0) is 20.0. The van der Waals surface area contributed by atoms with Gasteiger partial charge in [0.1, 0.15) is 12.4 Å². The highest BCUT2D eigenvalue weighted by Crippen LogP contribution is 2.52. The van der Waals surface area contributed by atoms with Crippen LogP contribution in [0.4, 0.5) is 0 Å². The lowest BCUT2D eigenvalue weighted by molar-refractivity contribution is -0.140. The van der Waals surface area contributed by atoms with E-state index in [1.54, 1.807) is 0 Å². The highest BCUT2D eigenvalue weighted by molar-refractivity contribution is 6.31. The number of allylic oxidation sites excluding steroid dienone is 2. The number of hydrogen-bond donors (Lipinski definition) is 0. The minimum Gasteiger partial charge on any atom is -0.489 e. The van der Waals surface area contributed by atoms with E-state index in [1.807, 2.05) is 48.5 Å². The zero-order valence-corrected chi connectivity index (χ0v) is 16.3. The maximum atomic E-state index is 12.7.